The van der Waals surface area contributed by atoms with Crippen LogP contribution in [0.2, 0.25) is 0 Å². The lowest BCUT2D eigenvalue weighted by Gasteiger charge is -2.08. The number of hydrogen-bond donors (Lipinski definition) is 2. The SMILES string of the molecule is Cc1cc(C(=O)NCCc2c[nH]c3ccccc23)c(C)n1Cc1ccco1. The molecule has 0 radical (unpaired) electrons. The van der Waals surface area contributed by atoms with Crippen molar-refractivity contribution in [1.82, 2.24) is 14.9 Å². The van der Waals surface area contributed by atoms with Gasteiger partial charge in [0, 0.05) is 35.0 Å². The van der Waals surface area contributed by atoms with Gasteiger partial charge in [-0.2, -0.15) is 0 Å². The van der Waals surface area contributed by atoms with E-state index in [1.54, 1.807) is 6.26 Å². The number of fused-ring (bicyclic) bond motifs is 1. The molecule has 1 aromatic carbocycles. The largest absolute Gasteiger partial charge is 0.467 e. The molecule has 3 aromatic heterocycles. The lowest BCUT2D eigenvalue weighted by Crippen LogP contribution is -2.26. The van der Waals surface area contributed by atoms with Gasteiger partial charge in [-0.25, -0.2) is 0 Å². The summed E-state index contributed by atoms with van der Waals surface area (Å²) in [6.07, 6.45) is 4.48. The molecule has 0 aliphatic heterocycles. The van der Waals surface area contributed by atoms with Crippen LogP contribution in [0.1, 0.15) is 33.1 Å². The van der Waals surface area contributed by atoms with E-state index >= 15 is 0 Å². The fourth-order valence-electron chi connectivity index (χ4n) is 3.58. The van der Waals surface area contributed by atoms with Crippen LogP contribution >= 0.6 is 0 Å². The van der Waals surface area contributed by atoms with Crippen LogP contribution in [0.4, 0.5) is 0 Å². The predicted molar refractivity (Wildman–Crippen MR) is 106 cm³/mol. The van der Waals surface area contributed by atoms with Crippen LogP contribution in [0.25, 0.3) is 10.9 Å². The van der Waals surface area contributed by atoms with E-state index in [-0.39, 0.29) is 5.91 Å². The Morgan fingerprint density at radius 2 is 2.04 bits per heavy atom. The zero-order chi connectivity index (χ0) is 18.8. The molecule has 4 rings (SSSR count). The number of aryl methyl sites for hydroxylation is 1. The van der Waals surface area contributed by atoms with Gasteiger partial charge in [-0.3, -0.25) is 4.79 Å². The summed E-state index contributed by atoms with van der Waals surface area (Å²) in [7, 11) is 0. The summed E-state index contributed by atoms with van der Waals surface area (Å²) in [6, 6.07) is 14.0. The van der Waals surface area contributed by atoms with Crippen LogP contribution in [-0.4, -0.2) is 22.0 Å². The van der Waals surface area contributed by atoms with Gasteiger partial charge >= 0.3 is 0 Å². The minimum Gasteiger partial charge on any atom is -0.467 e. The minimum atomic E-state index is -0.0337. The van der Waals surface area contributed by atoms with Gasteiger partial charge < -0.3 is 19.3 Å². The van der Waals surface area contributed by atoms with Gasteiger partial charge in [0.15, 0.2) is 0 Å². The van der Waals surface area contributed by atoms with Crippen LogP contribution < -0.4 is 5.32 Å². The molecule has 3 heterocycles. The van der Waals surface area contributed by atoms with E-state index in [0.29, 0.717) is 13.1 Å². The quantitative estimate of drug-likeness (QED) is 0.541. The first-order chi connectivity index (χ1) is 13.1. The highest BCUT2D eigenvalue weighted by Crippen LogP contribution is 2.19. The molecule has 1 amide bonds. The second kappa shape index (κ2) is 7.19. The lowest BCUT2D eigenvalue weighted by atomic mass is 10.1. The van der Waals surface area contributed by atoms with Crippen LogP contribution in [0.3, 0.4) is 0 Å². The van der Waals surface area contributed by atoms with Crippen LogP contribution in [0.5, 0.6) is 0 Å². The summed E-state index contributed by atoms with van der Waals surface area (Å²) < 4.78 is 7.54. The number of benzene rings is 1. The molecule has 0 spiro atoms. The monoisotopic (exact) mass is 361 g/mol. The first-order valence-corrected chi connectivity index (χ1v) is 9.16. The molecule has 0 atom stereocenters. The number of nitrogens with zero attached hydrogens (tertiary/aromatic N) is 1. The van der Waals surface area contributed by atoms with Crippen LogP contribution in [0, 0.1) is 13.8 Å². The molecule has 0 bridgehead atoms. The number of nitrogens with one attached hydrogen (secondary N) is 2. The average molecular weight is 361 g/mol. The highest BCUT2D eigenvalue weighted by atomic mass is 16.3. The van der Waals surface area contributed by atoms with Gasteiger partial charge in [0.05, 0.1) is 18.4 Å². The number of H-pyrrole nitrogens is 1. The summed E-state index contributed by atoms with van der Waals surface area (Å²) >= 11 is 0. The van der Waals surface area contributed by atoms with Gasteiger partial charge in [0.25, 0.3) is 5.91 Å². The molecule has 0 aliphatic carbocycles. The Balaban J connectivity index is 1.42. The normalized spacial score (nSPS) is 11.2. The molecular formula is C22H23N3O2. The smallest absolute Gasteiger partial charge is 0.253 e. The second-order valence-corrected chi connectivity index (χ2v) is 6.82. The summed E-state index contributed by atoms with van der Waals surface area (Å²) in [6.45, 7) is 5.22. The molecule has 27 heavy (non-hydrogen) atoms. The Hall–Kier alpha value is -3.21. The number of hydrogen-bond acceptors (Lipinski definition) is 2. The van der Waals surface area contributed by atoms with E-state index in [0.717, 1.165) is 34.6 Å². The lowest BCUT2D eigenvalue weighted by molar-refractivity contribution is 0.0953. The molecule has 0 saturated carbocycles. The van der Waals surface area contributed by atoms with Crippen LogP contribution in [-0.2, 0) is 13.0 Å². The standard InChI is InChI=1S/C22H23N3O2/c1-15-12-20(16(2)25(15)14-18-6-5-11-27-18)22(26)23-10-9-17-13-24-21-8-4-3-7-19(17)21/h3-8,11-13,24H,9-10,14H2,1-2H3,(H,23,26). The van der Waals surface area contributed by atoms with E-state index in [1.807, 2.05) is 50.4 Å². The van der Waals surface area contributed by atoms with Gasteiger partial charge in [-0.05, 0) is 50.1 Å². The molecule has 138 valence electrons. The Labute approximate surface area is 158 Å². The average Bonchev–Trinajstić information content (AvgIpc) is 3.38. The Bertz CT molecular complexity index is 1070. The molecule has 0 saturated heterocycles. The summed E-state index contributed by atoms with van der Waals surface area (Å²) in [5, 5.41) is 4.26. The number of rotatable bonds is 6. The minimum absolute atomic E-state index is 0.0337. The fraction of sp³-hybridized carbons (Fsp3) is 0.227. The molecule has 2 N–H and O–H groups in total. The molecule has 0 unspecified atom stereocenters. The van der Waals surface area contributed by atoms with Gasteiger partial charge in [0.1, 0.15) is 5.76 Å². The molecule has 5 heteroatoms. The first-order valence-electron chi connectivity index (χ1n) is 9.16. The van der Waals surface area contributed by atoms with Crippen LogP contribution in [0.15, 0.2) is 59.3 Å². The van der Waals surface area contributed by atoms with Gasteiger partial charge in [-0.15, -0.1) is 0 Å². The number of amides is 1. The van der Waals surface area contributed by atoms with Crippen molar-refractivity contribution in [3.05, 3.63) is 83.2 Å². The maximum atomic E-state index is 12.7. The van der Waals surface area contributed by atoms with Crippen molar-refractivity contribution in [3.8, 4) is 0 Å². The van der Waals surface area contributed by atoms with Crippen molar-refractivity contribution in [2.45, 2.75) is 26.8 Å². The Morgan fingerprint density at radius 3 is 2.85 bits per heavy atom. The third-order valence-electron chi connectivity index (χ3n) is 5.07. The maximum Gasteiger partial charge on any atom is 0.253 e. The molecule has 0 aliphatic rings. The molecule has 5 nitrogen and oxygen atoms in total. The third kappa shape index (κ3) is 3.40. The van der Waals surface area contributed by atoms with Crippen molar-refractivity contribution < 1.29 is 9.21 Å². The van der Waals surface area contributed by atoms with E-state index in [2.05, 4.69) is 27.0 Å². The van der Waals surface area contributed by atoms with E-state index < -0.39 is 0 Å². The highest BCUT2D eigenvalue weighted by Gasteiger charge is 2.16. The zero-order valence-electron chi connectivity index (χ0n) is 15.6. The summed E-state index contributed by atoms with van der Waals surface area (Å²) in [5.74, 6) is 0.844. The third-order valence-corrected chi connectivity index (χ3v) is 5.07. The van der Waals surface area contributed by atoms with Crippen molar-refractivity contribution in [2.75, 3.05) is 6.54 Å². The Morgan fingerprint density at radius 1 is 1.19 bits per heavy atom. The Kier molecular flexibility index (Phi) is 4.59. The fourth-order valence-corrected chi connectivity index (χ4v) is 3.58. The molecular weight excluding hydrogens is 338 g/mol. The highest BCUT2D eigenvalue weighted by molar-refractivity contribution is 5.95. The van der Waals surface area contributed by atoms with E-state index in [1.165, 1.54) is 10.9 Å². The number of carbonyl (C=O) groups is 1. The number of furan rings is 1. The van der Waals surface area contributed by atoms with E-state index in [4.69, 9.17) is 4.42 Å². The topological polar surface area (TPSA) is 63.0 Å². The number of carbonyl (C=O) groups excluding carboxylic acids is 1. The van der Waals surface area contributed by atoms with Gasteiger partial charge in [-0.1, -0.05) is 18.2 Å². The first kappa shape index (κ1) is 17.2. The van der Waals surface area contributed by atoms with Crippen molar-refractivity contribution in [1.29, 1.82) is 0 Å². The second-order valence-electron chi connectivity index (χ2n) is 6.82. The summed E-state index contributed by atoms with van der Waals surface area (Å²) in [5.41, 5.74) is 5.06. The van der Waals surface area contributed by atoms with Crippen molar-refractivity contribution in [2.24, 2.45) is 0 Å². The van der Waals surface area contributed by atoms with Gasteiger partial charge in [0.2, 0.25) is 0 Å². The number of aromatic nitrogens is 2. The van der Waals surface area contributed by atoms with Crippen molar-refractivity contribution >= 4 is 16.8 Å². The number of para-hydroxylation sites is 1. The number of aromatic amines is 1. The zero-order valence-corrected chi connectivity index (χ0v) is 15.6. The maximum absolute atomic E-state index is 12.7. The predicted octanol–water partition coefficient (Wildman–Crippen LogP) is 4.20. The molecule has 0 fully saturated rings. The van der Waals surface area contributed by atoms with Crippen molar-refractivity contribution in [3.63, 3.8) is 0 Å². The summed E-state index contributed by atoms with van der Waals surface area (Å²) in [4.78, 5) is 15.9. The van der Waals surface area contributed by atoms with E-state index in [9.17, 15) is 4.79 Å². The molecule has 4 aromatic rings.